The zero-order valence-electron chi connectivity index (χ0n) is 21.3. The lowest BCUT2D eigenvalue weighted by Gasteiger charge is -2.29. The van der Waals surface area contributed by atoms with Gasteiger partial charge in [0.1, 0.15) is 5.92 Å². The maximum Gasteiger partial charge on any atom is 0.343 e. The van der Waals surface area contributed by atoms with Crippen LogP contribution < -0.4 is 19.4 Å². The van der Waals surface area contributed by atoms with Gasteiger partial charge in [0.25, 0.3) is 5.91 Å². The zero-order chi connectivity index (χ0) is 27.8. The molecule has 0 N–H and O–H groups in total. The van der Waals surface area contributed by atoms with Crippen LogP contribution in [-0.4, -0.2) is 31.0 Å². The average molecular weight is 599 g/mol. The number of ether oxygens (including phenoxy) is 2. The molecule has 2 heterocycles. The van der Waals surface area contributed by atoms with E-state index in [1.165, 1.54) is 12.0 Å². The number of amides is 2. The minimum atomic E-state index is -1.01. The number of benzene rings is 4. The van der Waals surface area contributed by atoms with E-state index in [1.807, 2.05) is 36.4 Å². The number of carbonyl (C=O) groups is 3. The van der Waals surface area contributed by atoms with Gasteiger partial charge in [-0.3, -0.25) is 14.4 Å². The number of para-hydroxylation sites is 1. The Morgan fingerprint density at radius 3 is 2.15 bits per heavy atom. The molecule has 0 unspecified atom stereocenters. The van der Waals surface area contributed by atoms with Crippen molar-refractivity contribution in [3.63, 3.8) is 0 Å². The molecular formula is C31H23BrN2O6. The van der Waals surface area contributed by atoms with Crippen molar-refractivity contribution in [2.24, 2.45) is 5.92 Å². The fraction of sp³-hybridized carbons (Fsp3) is 0.129. The van der Waals surface area contributed by atoms with Crippen LogP contribution in [0.1, 0.15) is 22.0 Å². The second-order valence-electron chi connectivity index (χ2n) is 9.31. The number of hydroxylamine groups is 1. The quantitative estimate of drug-likeness (QED) is 0.159. The molecule has 2 aliphatic rings. The summed E-state index contributed by atoms with van der Waals surface area (Å²) in [4.78, 5) is 47.5. The van der Waals surface area contributed by atoms with E-state index in [9.17, 15) is 14.4 Å². The van der Waals surface area contributed by atoms with Crippen molar-refractivity contribution < 1.29 is 28.7 Å². The van der Waals surface area contributed by atoms with E-state index in [4.69, 9.17) is 14.3 Å². The highest BCUT2D eigenvalue weighted by Crippen LogP contribution is 2.48. The van der Waals surface area contributed by atoms with Crippen LogP contribution in [0.3, 0.4) is 0 Å². The molecule has 0 saturated carbocycles. The molecule has 2 fully saturated rings. The Labute approximate surface area is 238 Å². The third kappa shape index (κ3) is 4.53. The normalized spacial score (nSPS) is 20.0. The number of carbonyl (C=O) groups excluding carboxylic acids is 3. The van der Waals surface area contributed by atoms with Crippen molar-refractivity contribution in [2.75, 3.05) is 17.1 Å². The second-order valence-corrected chi connectivity index (χ2v) is 10.2. The molecule has 40 heavy (non-hydrogen) atoms. The molecule has 0 aromatic heterocycles. The Morgan fingerprint density at radius 2 is 1.48 bits per heavy atom. The summed E-state index contributed by atoms with van der Waals surface area (Å²) >= 11 is 3.39. The summed E-state index contributed by atoms with van der Waals surface area (Å²) in [6.45, 7) is 0. The van der Waals surface area contributed by atoms with Gasteiger partial charge in [0.05, 0.1) is 30.1 Å². The summed E-state index contributed by atoms with van der Waals surface area (Å²) in [6.07, 6.45) is -1.01. The first-order chi connectivity index (χ1) is 19.5. The Kier molecular flexibility index (Phi) is 6.83. The number of hydrogen-bond donors (Lipinski definition) is 0. The van der Waals surface area contributed by atoms with E-state index in [0.29, 0.717) is 28.3 Å². The fourth-order valence-corrected chi connectivity index (χ4v) is 5.35. The molecule has 200 valence electrons. The standard InChI is InChI=1S/C31H23BrN2O6/c1-38-25-18-20(12-17-24(25)39-31(37)19-8-4-2-5-9-19)27-26-28(40-34(27)23-10-6-3-7-11-23)30(36)33(29(26)35)22-15-13-21(32)14-16-22/h2-18,26-28H,1H3/t26-,27-,28-/m0/s1. The minimum absolute atomic E-state index is 0.229. The van der Waals surface area contributed by atoms with Crippen LogP contribution in [0.15, 0.2) is 108 Å². The minimum Gasteiger partial charge on any atom is -0.493 e. The molecule has 8 nitrogen and oxygen atoms in total. The van der Waals surface area contributed by atoms with Crippen LogP contribution >= 0.6 is 15.9 Å². The number of methoxy groups -OCH3 is 1. The maximum absolute atomic E-state index is 13.9. The van der Waals surface area contributed by atoms with Gasteiger partial charge in [0, 0.05) is 4.47 Å². The van der Waals surface area contributed by atoms with E-state index >= 15 is 0 Å². The van der Waals surface area contributed by atoms with Crippen molar-refractivity contribution in [1.82, 2.24) is 0 Å². The van der Waals surface area contributed by atoms with Crippen LogP contribution in [0, 0.1) is 5.92 Å². The van der Waals surface area contributed by atoms with Gasteiger partial charge < -0.3 is 9.47 Å². The SMILES string of the molecule is COc1cc([C@H]2[C@@H]3C(=O)N(c4ccc(Br)cc4)C(=O)[C@H]3ON2c2ccccc2)ccc1OC(=O)c1ccccc1. The monoisotopic (exact) mass is 598 g/mol. The number of rotatable bonds is 6. The van der Waals surface area contributed by atoms with Gasteiger partial charge in [-0.15, -0.1) is 0 Å². The third-order valence-corrected chi connectivity index (χ3v) is 7.48. The van der Waals surface area contributed by atoms with Gasteiger partial charge in [0.2, 0.25) is 5.91 Å². The maximum atomic E-state index is 13.9. The van der Waals surface area contributed by atoms with Crippen LogP contribution in [0.4, 0.5) is 11.4 Å². The second kappa shape index (κ2) is 10.6. The third-order valence-electron chi connectivity index (χ3n) is 6.95. The van der Waals surface area contributed by atoms with E-state index in [0.717, 1.165) is 4.47 Å². The Balaban J connectivity index is 1.38. The summed E-state index contributed by atoms with van der Waals surface area (Å²) in [5, 5.41) is 1.61. The molecule has 0 bridgehead atoms. The number of fused-ring (bicyclic) bond motifs is 1. The summed E-state index contributed by atoms with van der Waals surface area (Å²) in [5.74, 6) is -1.60. The number of esters is 1. The van der Waals surface area contributed by atoms with E-state index < -0.39 is 29.9 Å². The molecule has 2 saturated heterocycles. The zero-order valence-corrected chi connectivity index (χ0v) is 22.9. The number of halogens is 1. The Hall–Kier alpha value is -4.47. The number of hydrogen-bond acceptors (Lipinski definition) is 7. The first-order valence-corrected chi connectivity index (χ1v) is 13.3. The first kappa shape index (κ1) is 25.8. The smallest absolute Gasteiger partial charge is 0.343 e. The summed E-state index contributed by atoms with van der Waals surface area (Å²) in [7, 11) is 1.47. The van der Waals surface area contributed by atoms with Gasteiger partial charge in [0.15, 0.2) is 17.6 Å². The van der Waals surface area contributed by atoms with Crippen molar-refractivity contribution in [3.8, 4) is 11.5 Å². The lowest BCUT2D eigenvalue weighted by molar-refractivity contribution is -0.126. The highest BCUT2D eigenvalue weighted by atomic mass is 79.9. The summed E-state index contributed by atoms with van der Waals surface area (Å²) in [5.41, 5.74) is 2.23. The van der Waals surface area contributed by atoms with Crippen molar-refractivity contribution >= 4 is 45.1 Å². The highest BCUT2D eigenvalue weighted by molar-refractivity contribution is 9.10. The molecule has 4 aromatic carbocycles. The predicted octanol–water partition coefficient (Wildman–Crippen LogP) is 5.73. The Morgan fingerprint density at radius 1 is 0.800 bits per heavy atom. The van der Waals surface area contributed by atoms with Gasteiger partial charge >= 0.3 is 5.97 Å². The van der Waals surface area contributed by atoms with Crippen LogP contribution in [0.2, 0.25) is 0 Å². The molecule has 0 spiro atoms. The topological polar surface area (TPSA) is 85.4 Å². The van der Waals surface area contributed by atoms with Gasteiger partial charge in [-0.25, -0.2) is 14.8 Å². The van der Waals surface area contributed by atoms with Gasteiger partial charge in [-0.2, -0.15) is 0 Å². The summed E-state index contributed by atoms with van der Waals surface area (Å²) < 4.78 is 12.0. The molecular weight excluding hydrogens is 576 g/mol. The fourth-order valence-electron chi connectivity index (χ4n) is 5.08. The van der Waals surface area contributed by atoms with Gasteiger partial charge in [-0.1, -0.05) is 58.4 Å². The van der Waals surface area contributed by atoms with Gasteiger partial charge in [-0.05, 0) is 66.2 Å². The number of nitrogens with zero attached hydrogens (tertiary/aromatic N) is 2. The van der Waals surface area contributed by atoms with Crippen molar-refractivity contribution in [3.05, 3.63) is 119 Å². The van der Waals surface area contributed by atoms with E-state index in [2.05, 4.69) is 15.9 Å². The number of imide groups is 1. The molecule has 9 heteroatoms. The molecule has 3 atom stereocenters. The van der Waals surface area contributed by atoms with Crippen molar-refractivity contribution in [2.45, 2.75) is 12.1 Å². The molecule has 0 aliphatic carbocycles. The van der Waals surface area contributed by atoms with Crippen LogP contribution in [-0.2, 0) is 14.4 Å². The van der Waals surface area contributed by atoms with Crippen LogP contribution in [0.25, 0.3) is 0 Å². The van der Waals surface area contributed by atoms with E-state index in [-0.39, 0.29) is 11.7 Å². The first-order valence-electron chi connectivity index (χ1n) is 12.6. The van der Waals surface area contributed by atoms with Crippen LogP contribution in [0.5, 0.6) is 11.5 Å². The lowest BCUT2D eigenvalue weighted by Crippen LogP contribution is -2.37. The molecule has 4 aromatic rings. The predicted molar refractivity (Wildman–Crippen MR) is 151 cm³/mol. The van der Waals surface area contributed by atoms with E-state index in [1.54, 1.807) is 71.8 Å². The summed E-state index contributed by atoms with van der Waals surface area (Å²) in [6, 6.07) is 29.3. The highest BCUT2D eigenvalue weighted by Gasteiger charge is 2.60. The largest absolute Gasteiger partial charge is 0.493 e. The average Bonchev–Trinajstić information content (AvgIpc) is 3.50. The molecule has 0 radical (unpaired) electrons. The molecule has 2 amide bonds. The Bertz CT molecular complexity index is 1580. The lowest BCUT2D eigenvalue weighted by atomic mass is 9.90. The molecule has 2 aliphatic heterocycles. The van der Waals surface area contributed by atoms with Crippen molar-refractivity contribution in [1.29, 1.82) is 0 Å². The molecule has 6 rings (SSSR count). The number of anilines is 2.